The largest absolute Gasteiger partial charge is 0.332 e. The van der Waals surface area contributed by atoms with E-state index in [1.54, 1.807) is 12.1 Å². The summed E-state index contributed by atoms with van der Waals surface area (Å²) in [6.07, 6.45) is 1.88. The number of carbonyl (C=O) groups is 1. The summed E-state index contributed by atoms with van der Waals surface area (Å²) in [6, 6.07) is 14.3. The molecule has 144 valence electrons. The van der Waals surface area contributed by atoms with Crippen LogP contribution in [-0.4, -0.2) is 44.4 Å². The lowest BCUT2D eigenvalue weighted by molar-refractivity contribution is -0.0258. The SMILES string of the molecule is CON(C)S(=O)(=O)c1ccc(C(=O)N2CCCC2c2ccc(C)cc2)cc1. The molecule has 0 radical (unpaired) electrons. The van der Waals surface area contributed by atoms with E-state index in [1.807, 2.05) is 11.8 Å². The van der Waals surface area contributed by atoms with E-state index in [0.717, 1.165) is 22.9 Å². The summed E-state index contributed by atoms with van der Waals surface area (Å²) in [6.45, 7) is 2.74. The van der Waals surface area contributed by atoms with Crippen molar-refractivity contribution in [2.75, 3.05) is 20.7 Å². The topological polar surface area (TPSA) is 66.9 Å². The number of amides is 1. The quantitative estimate of drug-likeness (QED) is 0.738. The third-order valence-corrected chi connectivity index (χ3v) is 6.66. The molecular weight excluding hydrogens is 364 g/mol. The first kappa shape index (κ1) is 19.5. The first-order valence-electron chi connectivity index (χ1n) is 8.85. The second-order valence-corrected chi connectivity index (χ2v) is 8.62. The van der Waals surface area contributed by atoms with Crippen LogP contribution in [0.4, 0.5) is 0 Å². The van der Waals surface area contributed by atoms with Gasteiger partial charge in [-0.25, -0.2) is 8.42 Å². The highest BCUT2D eigenvalue weighted by atomic mass is 32.2. The molecule has 1 aliphatic rings. The molecule has 0 saturated carbocycles. The third kappa shape index (κ3) is 3.90. The van der Waals surface area contributed by atoms with Crippen molar-refractivity contribution < 1.29 is 18.0 Å². The van der Waals surface area contributed by atoms with Gasteiger partial charge in [0.05, 0.1) is 18.0 Å². The van der Waals surface area contributed by atoms with E-state index in [2.05, 4.69) is 24.3 Å². The normalized spacial score (nSPS) is 17.5. The van der Waals surface area contributed by atoms with Crippen molar-refractivity contribution >= 4 is 15.9 Å². The fraction of sp³-hybridized carbons (Fsp3) is 0.350. The standard InChI is InChI=1S/C20H24N2O4S/c1-15-6-8-16(9-7-15)19-5-4-14-22(19)20(23)17-10-12-18(13-11-17)27(24,25)21(2)26-3/h6-13,19H,4-5,14H2,1-3H3. The minimum absolute atomic E-state index is 0.0566. The number of hydroxylamine groups is 1. The number of benzene rings is 2. The Bertz CT molecular complexity index is 908. The maximum Gasteiger partial charge on any atom is 0.264 e. The zero-order valence-corrected chi connectivity index (χ0v) is 16.6. The van der Waals surface area contributed by atoms with E-state index in [1.165, 1.54) is 31.9 Å². The van der Waals surface area contributed by atoms with Crippen LogP contribution in [0.2, 0.25) is 0 Å². The molecule has 2 aromatic carbocycles. The van der Waals surface area contributed by atoms with Crippen LogP contribution < -0.4 is 0 Å². The van der Waals surface area contributed by atoms with E-state index in [-0.39, 0.29) is 16.8 Å². The van der Waals surface area contributed by atoms with E-state index in [9.17, 15) is 13.2 Å². The summed E-state index contributed by atoms with van der Waals surface area (Å²) >= 11 is 0. The van der Waals surface area contributed by atoms with Crippen LogP contribution in [0.5, 0.6) is 0 Å². The van der Waals surface area contributed by atoms with E-state index >= 15 is 0 Å². The molecule has 0 spiro atoms. The highest BCUT2D eigenvalue weighted by Gasteiger charge is 2.31. The molecule has 1 atom stereocenters. The van der Waals surface area contributed by atoms with Gasteiger partial charge in [0.15, 0.2) is 0 Å². The molecule has 1 heterocycles. The van der Waals surface area contributed by atoms with Crippen LogP contribution in [0.15, 0.2) is 53.4 Å². The van der Waals surface area contributed by atoms with Crippen molar-refractivity contribution in [3.8, 4) is 0 Å². The predicted octanol–water partition coefficient (Wildman–Crippen LogP) is 3.15. The van der Waals surface area contributed by atoms with Gasteiger partial charge in [0, 0.05) is 19.2 Å². The monoisotopic (exact) mass is 388 g/mol. The summed E-state index contributed by atoms with van der Waals surface area (Å²) in [7, 11) is -1.11. The predicted molar refractivity (Wildman–Crippen MR) is 103 cm³/mol. The van der Waals surface area contributed by atoms with Gasteiger partial charge in [-0.05, 0) is 49.6 Å². The Morgan fingerprint density at radius 2 is 1.74 bits per heavy atom. The molecule has 1 aliphatic heterocycles. The molecule has 1 saturated heterocycles. The van der Waals surface area contributed by atoms with Crippen molar-refractivity contribution in [1.29, 1.82) is 0 Å². The summed E-state index contributed by atoms with van der Waals surface area (Å²) in [5.41, 5.74) is 2.80. The molecule has 6 nitrogen and oxygen atoms in total. The molecule has 27 heavy (non-hydrogen) atoms. The summed E-state index contributed by atoms with van der Waals surface area (Å²) in [5.74, 6) is -0.0814. The lowest BCUT2D eigenvalue weighted by atomic mass is 10.0. The highest BCUT2D eigenvalue weighted by molar-refractivity contribution is 7.89. The van der Waals surface area contributed by atoms with Crippen molar-refractivity contribution in [3.63, 3.8) is 0 Å². The molecule has 7 heteroatoms. The Morgan fingerprint density at radius 1 is 1.11 bits per heavy atom. The number of nitrogens with zero attached hydrogens (tertiary/aromatic N) is 2. The maximum atomic E-state index is 13.0. The Labute approximate surface area is 160 Å². The van der Waals surface area contributed by atoms with Crippen molar-refractivity contribution in [1.82, 2.24) is 9.37 Å². The molecule has 0 N–H and O–H groups in total. The average Bonchev–Trinajstić information content (AvgIpc) is 3.17. The highest BCUT2D eigenvalue weighted by Crippen LogP contribution is 2.33. The minimum atomic E-state index is -3.72. The number of rotatable bonds is 5. The van der Waals surface area contributed by atoms with Gasteiger partial charge in [-0.1, -0.05) is 34.3 Å². The molecule has 1 amide bonds. The van der Waals surface area contributed by atoms with Gasteiger partial charge in [0.1, 0.15) is 0 Å². The molecule has 3 rings (SSSR count). The van der Waals surface area contributed by atoms with Crippen molar-refractivity contribution in [2.45, 2.75) is 30.7 Å². The molecular formula is C20H24N2O4S. The molecule has 0 aliphatic carbocycles. The lowest BCUT2D eigenvalue weighted by Crippen LogP contribution is -2.30. The second-order valence-electron chi connectivity index (χ2n) is 6.69. The summed E-state index contributed by atoms with van der Waals surface area (Å²) < 4.78 is 25.3. The summed E-state index contributed by atoms with van der Waals surface area (Å²) in [5, 5.41) is 0. The second kappa shape index (κ2) is 7.80. The fourth-order valence-corrected chi connectivity index (χ4v) is 4.30. The van der Waals surface area contributed by atoms with Crippen LogP contribution in [0.3, 0.4) is 0 Å². The third-order valence-electron chi connectivity index (χ3n) is 4.97. The van der Waals surface area contributed by atoms with Gasteiger partial charge in [-0.15, -0.1) is 0 Å². The lowest BCUT2D eigenvalue weighted by Gasteiger charge is -2.25. The Morgan fingerprint density at radius 3 is 2.33 bits per heavy atom. The van der Waals surface area contributed by atoms with Crippen molar-refractivity contribution in [2.24, 2.45) is 0 Å². The zero-order chi connectivity index (χ0) is 19.6. The van der Waals surface area contributed by atoms with Gasteiger partial charge in [-0.3, -0.25) is 9.63 Å². The van der Waals surface area contributed by atoms with Crippen LogP contribution in [-0.2, 0) is 14.9 Å². The summed E-state index contributed by atoms with van der Waals surface area (Å²) in [4.78, 5) is 19.7. The Hall–Kier alpha value is -2.22. The van der Waals surface area contributed by atoms with E-state index in [0.29, 0.717) is 12.1 Å². The van der Waals surface area contributed by atoms with Crippen LogP contribution in [0.1, 0.15) is 40.4 Å². The number of hydrogen-bond donors (Lipinski definition) is 0. The number of carbonyl (C=O) groups excluding carboxylic acids is 1. The van der Waals surface area contributed by atoms with Gasteiger partial charge < -0.3 is 4.90 Å². The number of hydrogen-bond acceptors (Lipinski definition) is 4. The van der Waals surface area contributed by atoms with Gasteiger partial charge in [0.25, 0.3) is 15.9 Å². The fourth-order valence-electron chi connectivity index (χ4n) is 3.33. The Balaban J connectivity index is 1.82. The average molecular weight is 388 g/mol. The molecule has 0 bridgehead atoms. The zero-order valence-electron chi connectivity index (χ0n) is 15.8. The maximum absolute atomic E-state index is 13.0. The molecule has 2 aromatic rings. The number of aryl methyl sites for hydroxylation is 1. The smallest absolute Gasteiger partial charge is 0.264 e. The molecule has 1 fully saturated rings. The Kier molecular flexibility index (Phi) is 5.64. The van der Waals surface area contributed by atoms with Crippen LogP contribution in [0.25, 0.3) is 0 Å². The van der Waals surface area contributed by atoms with E-state index in [4.69, 9.17) is 4.84 Å². The van der Waals surface area contributed by atoms with Gasteiger partial charge >= 0.3 is 0 Å². The van der Waals surface area contributed by atoms with E-state index < -0.39 is 10.0 Å². The van der Waals surface area contributed by atoms with Gasteiger partial charge in [0.2, 0.25) is 0 Å². The first-order valence-corrected chi connectivity index (χ1v) is 10.3. The van der Waals surface area contributed by atoms with Crippen LogP contribution >= 0.6 is 0 Å². The number of likely N-dealkylation sites (tertiary alicyclic amines) is 1. The molecule has 0 aromatic heterocycles. The molecule has 1 unspecified atom stereocenters. The minimum Gasteiger partial charge on any atom is -0.332 e. The van der Waals surface area contributed by atoms with Crippen LogP contribution in [0, 0.1) is 6.92 Å². The first-order chi connectivity index (χ1) is 12.8. The van der Waals surface area contributed by atoms with Crippen molar-refractivity contribution in [3.05, 3.63) is 65.2 Å². The number of sulfonamides is 1. The van der Waals surface area contributed by atoms with Gasteiger partial charge in [-0.2, -0.15) is 0 Å².